The van der Waals surface area contributed by atoms with Gasteiger partial charge in [0.05, 0.1) is 16.1 Å². The van der Waals surface area contributed by atoms with Crippen LogP contribution in [0.3, 0.4) is 0 Å². The molecule has 0 unspecified atom stereocenters. The van der Waals surface area contributed by atoms with Gasteiger partial charge < -0.3 is 4.90 Å². The van der Waals surface area contributed by atoms with E-state index in [1.165, 1.54) is 12.1 Å². The maximum absolute atomic E-state index is 12.7. The second-order valence-electron chi connectivity index (χ2n) is 5.37. The average Bonchev–Trinajstić information content (AvgIpc) is 3.09. The van der Waals surface area contributed by atoms with Gasteiger partial charge in [-0.25, -0.2) is 0 Å². The third-order valence-corrected chi connectivity index (χ3v) is 5.19. The molecule has 0 N–H and O–H groups in total. The number of rotatable bonds is 4. The van der Waals surface area contributed by atoms with Crippen molar-refractivity contribution >= 4 is 44.6 Å². The number of nitro benzene ring substituents is 1. The Hall–Kier alpha value is -2.45. The molecule has 3 aromatic rings. The van der Waals surface area contributed by atoms with Crippen LogP contribution in [0.25, 0.3) is 10.1 Å². The molecular weight excluding hydrogens is 352 g/mol. The highest BCUT2D eigenvalue weighted by molar-refractivity contribution is 7.21. The topological polar surface area (TPSA) is 81.3 Å². The van der Waals surface area contributed by atoms with Crippen molar-refractivity contribution in [3.8, 4) is 0 Å². The van der Waals surface area contributed by atoms with E-state index in [0.717, 1.165) is 16.9 Å². The Morgan fingerprint density at radius 2 is 2.25 bits per heavy atom. The van der Waals surface area contributed by atoms with Crippen molar-refractivity contribution in [2.45, 2.75) is 6.54 Å². The smallest absolute Gasteiger partial charge is 0.270 e. The second kappa shape index (κ2) is 6.21. The molecule has 2 heterocycles. The Morgan fingerprint density at radius 3 is 2.88 bits per heavy atom. The molecular formula is C15H13ClN4O3S. The Labute approximate surface area is 146 Å². The van der Waals surface area contributed by atoms with Crippen LogP contribution in [0.4, 0.5) is 5.69 Å². The number of carbonyl (C=O) groups is 1. The summed E-state index contributed by atoms with van der Waals surface area (Å²) in [4.78, 5) is 25.0. The molecule has 2 aromatic heterocycles. The molecule has 0 aliphatic carbocycles. The molecule has 124 valence electrons. The zero-order chi connectivity index (χ0) is 17.4. The molecule has 0 atom stereocenters. The van der Waals surface area contributed by atoms with Crippen LogP contribution >= 0.6 is 22.9 Å². The van der Waals surface area contributed by atoms with E-state index in [2.05, 4.69) is 5.10 Å². The van der Waals surface area contributed by atoms with Crippen LogP contribution in [-0.2, 0) is 13.6 Å². The fraction of sp³-hybridized carbons (Fsp3) is 0.200. The van der Waals surface area contributed by atoms with Crippen LogP contribution < -0.4 is 0 Å². The van der Waals surface area contributed by atoms with E-state index in [0.29, 0.717) is 26.5 Å². The summed E-state index contributed by atoms with van der Waals surface area (Å²) in [6, 6.07) is 4.39. The Kier molecular flexibility index (Phi) is 4.25. The van der Waals surface area contributed by atoms with E-state index in [4.69, 9.17) is 11.6 Å². The second-order valence-corrected chi connectivity index (χ2v) is 6.80. The largest absolute Gasteiger partial charge is 0.337 e. The first-order valence-corrected chi connectivity index (χ1v) is 8.15. The number of carbonyl (C=O) groups excluding carboxylic acids is 1. The third kappa shape index (κ3) is 2.98. The summed E-state index contributed by atoms with van der Waals surface area (Å²) < 4.78 is 2.28. The summed E-state index contributed by atoms with van der Waals surface area (Å²) >= 11 is 7.47. The minimum absolute atomic E-state index is 0.0249. The van der Waals surface area contributed by atoms with Gasteiger partial charge in [0.25, 0.3) is 11.6 Å². The number of aromatic nitrogens is 2. The predicted octanol–water partition coefficient (Wildman–Crippen LogP) is 3.47. The van der Waals surface area contributed by atoms with Gasteiger partial charge >= 0.3 is 0 Å². The fourth-order valence-electron chi connectivity index (χ4n) is 2.38. The maximum atomic E-state index is 12.7. The molecule has 0 fully saturated rings. The molecule has 0 aliphatic rings. The van der Waals surface area contributed by atoms with Crippen molar-refractivity contribution in [3.05, 3.63) is 56.2 Å². The van der Waals surface area contributed by atoms with Crippen molar-refractivity contribution in [1.29, 1.82) is 0 Å². The first kappa shape index (κ1) is 16.4. The summed E-state index contributed by atoms with van der Waals surface area (Å²) in [5, 5.41) is 15.9. The minimum atomic E-state index is -0.469. The number of nitrogens with zero attached hydrogens (tertiary/aromatic N) is 4. The van der Waals surface area contributed by atoms with E-state index in [-0.39, 0.29) is 11.6 Å². The summed E-state index contributed by atoms with van der Waals surface area (Å²) in [5.41, 5.74) is 0.879. The van der Waals surface area contributed by atoms with Gasteiger partial charge in [0.2, 0.25) is 0 Å². The highest BCUT2D eigenvalue weighted by Crippen LogP contribution is 2.37. The number of non-ortho nitro benzene ring substituents is 1. The molecule has 0 spiro atoms. The number of aryl methyl sites for hydroxylation is 1. The zero-order valence-corrected chi connectivity index (χ0v) is 14.5. The molecule has 9 heteroatoms. The van der Waals surface area contributed by atoms with Crippen LogP contribution in [0.2, 0.25) is 5.02 Å². The highest BCUT2D eigenvalue weighted by Gasteiger charge is 2.22. The van der Waals surface area contributed by atoms with Gasteiger partial charge in [0, 0.05) is 54.6 Å². The molecule has 0 saturated carbocycles. The first-order valence-electron chi connectivity index (χ1n) is 6.96. The number of nitro groups is 1. The molecule has 0 saturated heterocycles. The van der Waals surface area contributed by atoms with Gasteiger partial charge in [-0.3, -0.25) is 19.6 Å². The fourth-order valence-corrected chi connectivity index (χ4v) is 3.92. The molecule has 1 amide bonds. The number of thiophene rings is 1. The van der Waals surface area contributed by atoms with Gasteiger partial charge in [0.15, 0.2) is 0 Å². The number of benzene rings is 1. The van der Waals surface area contributed by atoms with E-state index in [9.17, 15) is 14.9 Å². The molecule has 3 rings (SSSR count). The summed E-state index contributed by atoms with van der Waals surface area (Å²) in [5.74, 6) is -0.229. The lowest BCUT2D eigenvalue weighted by atomic mass is 10.2. The maximum Gasteiger partial charge on any atom is 0.270 e. The van der Waals surface area contributed by atoms with E-state index < -0.39 is 4.92 Å². The minimum Gasteiger partial charge on any atom is -0.337 e. The van der Waals surface area contributed by atoms with Crippen LogP contribution in [0.1, 0.15) is 15.2 Å². The number of fused-ring (bicyclic) bond motifs is 1. The number of hydrogen-bond acceptors (Lipinski definition) is 5. The Bertz CT molecular complexity index is 949. The molecule has 7 nitrogen and oxygen atoms in total. The lowest BCUT2D eigenvalue weighted by Crippen LogP contribution is -2.25. The number of hydrogen-bond donors (Lipinski definition) is 0. The summed E-state index contributed by atoms with van der Waals surface area (Å²) in [6.07, 6.45) is 3.53. The number of amides is 1. The molecule has 24 heavy (non-hydrogen) atoms. The summed E-state index contributed by atoms with van der Waals surface area (Å²) in [6.45, 7) is 0.400. The van der Waals surface area contributed by atoms with Gasteiger partial charge in [-0.1, -0.05) is 11.6 Å². The molecule has 0 bridgehead atoms. The SMILES string of the molecule is CN(Cc1cnn(C)c1)C(=O)c1sc2cc([N+](=O)[O-])ccc2c1Cl. The van der Waals surface area contributed by atoms with Crippen molar-refractivity contribution in [2.75, 3.05) is 7.05 Å². The Morgan fingerprint density at radius 1 is 1.50 bits per heavy atom. The monoisotopic (exact) mass is 364 g/mol. The van der Waals surface area contributed by atoms with E-state index in [1.807, 2.05) is 6.20 Å². The normalized spacial score (nSPS) is 11.0. The third-order valence-electron chi connectivity index (χ3n) is 3.54. The van der Waals surface area contributed by atoms with Crippen LogP contribution in [0.15, 0.2) is 30.6 Å². The predicted molar refractivity (Wildman–Crippen MR) is 92.5 cm³/mol. The van der Waals surface area contributed by atoms with Crippen molar-refractivity contribution in [2.24, 2.45) is 7.05 Å². The van der Waals surface area contributed by atoms with E-state index >= 15 is 0 Å². The van der Waals surface area contributed by atoms with Crippen molar-refractivity contribution in [1.82, 2.24) is 14.7 Å². The first-order chi connectivity index (χ1) is 11.4. The lowest BCUT2D eigenvalue weighted by molar-refractivity contribution is -0.384. The molecule has 0 aliphatic heterocycles. The quantitative estimate of drug-likeness (QED) is 0.524. The lowest BCUT2D eigenvalue weighted by Gasteiger charge is -2.15. The Balaban J connectivity index is 1.91. The van der Waals surface area contributed by atoms with Gasteiger partial charge in [0.1, 0.15) is 4.88 Å². The summed E-state index contributed by atoms with van der Waals surface area (Å²) in [7, 11) is 3.49. The van der Waals surface area contributed by atoms with Crippen LogP contribution in [0, 0.1) is 10.1 Å². The highest BCUT2D eigenvalue weighted by atomic mass is 35.5. The van der Waals surface area contributed by atoms with Gasteiger partial charge in [-0.2, -0.15) is 5.10 Å². The van der Waals surface area contributed by atoms with Crippen LogP contribution in [-0.4, -0.2) is 32.6 Å². The standard InChI is InChI=1S/C15H13ClN4O3S/c1-18(7-9-6-17-19(2)8-9)15(21)14-13(16)11-4-3-10(20(22)23)5-12(11)24-14/h3-6,8H,7H2,1-2H3. The van der Waals surface area contributed by atoms with E-state index in [1.54, 1.807) is 35.9 Å². The average molecular weight is 365 g/mol. The van der Waals surface area contributed by atoms with Gasteiger partial charge in [-0.05, 0) is 6.07 Å². The molecule has 1 aromatic carbocycles. The zero-order valence-electron chi connectivity index (χ0n) is 12.9. The number of halogens is 1. The molecule has 0 radical (unpaired) electrons. The van der Waals surface area contributed by atoms with Crippen molar-refractivity contribution < 1.29 is 9.72 Å². The van der Waals surface area contributed by atoms with Crippen molar-refractivity contribution in [3.63, 3.8) is 0 Å². The van der Waals surface area contributed by atoms with Crippen LogP contribution in [0.5, 0.6) is 0 Å². The van der Waals surface area contributed by atoms with Gasteiger partial charge in [-0.15, -0.1) is 11.3 Å².